The molecule has 0 aromatic rings. The number of carbonyl (C=O) groups excluding carboxylic acids is 1. The van der Waals surface area contributed by atoms with Crippen molar-refractivity contribution in [2.75, 3.05) is 0 Å². The number of carbonyl (C=O) groups is 1. The molecule has 0 saturated carbocycles. The first-order chi connectivity index (χ1) is 3.83. The van der Waals surface area contributed by atoms with Crippen LogP contribution >= 0.6 is 11.8 Å². The van der Waals surface area contributed by atoms with Crippen molar-refractivity contribution in [1.29, 1.82) is 0 Å². The van der Waals surface area contributed by atoms with E-state index in [1.54, 1.807) is 6.20 Å². The predicted molar refractivity (Wildman–Crippen MR) is 32.8 cm³/mol. The fourth-order valence-corrected chi connectivity index (χ4v) is 1.06. The molecular formula is C4H6N2OS. The van der Waals surface area contributed by atoms with Crippen molar-refractivity contribution in [3.05, 3.63) is 11.1 Å². The lowest BCUT2D eigenvalue weighted by Crippen LogP contribution is -2.25. The standard InChI is InChI=1S/C4H6N2OS/c5-4-6-1-3(2-7)8-4/h1-2,4,6H,5H2. The predicted octanol–water partition coefficient (Wildman–Crippen LogP) is -0.395. The highest BCUT2D eigenvalue weighted by atomic mass is 32.2. The van der Waals surface area contributed by atoms with Crippen molar-refractivity contribution in [3.8, 4) is 0 Å². The van der Waals surface area contributed by atoms with Crippen LogP contribution in [0, 0.1) is 0 Å². The second-order valence-corrected chi connectivity index (χ2v) is 2.58. The molecule has 4 heteroatoms. The molecule has 0 aliphatic carbocycles. The summed E-state index contributed by atoms with van der Waals surface area (Å²) in [6.45, 7) is 0. The van der Waals surface area contributed by atoms with E-state index in [1.807, 2.05) is 0 Å². The third-order valence-corrected chi connectivity index (χ3v) is 1.65. The second-order valence-electron chi connectivity index (χ2n) is 1.37. The molecule has 1 atom stereocenters. The van der Waals surface area contributed by atoms with Crippen LogP contribution in [-0.2, 0) is 4.79 Å². The smallest absolute Gasteiger partial charge is 0.157 e. The monoisotopic (exact) mass is 130 g/mol. The summed E-state index contributed by atoms with van der Waals surface area (Å²) in [5, 5.41) is 2.77. The lowest BCUT2D eigenvalue weighted by atomic mass is 10.7. The van der Waals surface area contributed by atoms with E-state index < -0.39 is 0 Å². The zero-order chi connectivity index (χ0) is 5.98. The Morgan fingerprint density at radius 3 is 3.00 bits per heavy atom. The van der Waals surface area contributed by atoms with Crippen LogP contribution in [0.15, 0.2) is 11.1 Å². The first-order valence-electron chi connectivity index (χ1n) is 2.16. The van der Waals surface area contributed by atoms with Gasteiger partial charge in [0, 0.05) is 6.20 Å². The lowest BCUT2D eigenvalue weighted by Gasteiger charge is -1.97. The fourth-order valence-electron chi connectivity index (χ4n) is 0.441. The minimum Gasteiger partial charge on any atom is -0.366 e. The van der Waals surface area contributed by atoms with E-state index in [-0.39, 0.29) is 5.50 Å². The molecule has 0 amide bonds. The van der Waals surface area contributed by atoms with Crippen LogP contribution in [0.2, 0.25) is 0 Å². The first kappa shape index (κ1) is 5.65. The zero-order valence-electron chi connectivity index (χ0n) is 4.13. The minimum absolute atomic E-state index is 0.129. The molecule has 0 radical (unpaired) electrons. The number of hydrogen-bond donors (Lipinski definition) is 2. The van der Waals surface area contributed by atoms with Crippen LogP contribution in [0.25, 0.3) is 0 Å². The average molecular weight is 130 g/mol. The van der Waals surface area contributed by atoms with Crippen LogP contribution in [-0.4, -0.2) is 11.8 Å². The quantitative estimate of drug-likeness (QED) is 0.474. The highest BCUT2D eigenvalue weighted by Gasteiger charge is 2.10. The number of nitrogens with one attached hydrogen (secondary N) is 1. The van der Waals surface area contributed by atoms with E-state index in [0.29, 0.717) is 4.91 Å². The third kappa shape index (κ3) is 1.02. The van der Waals surface area contributed by atoms with Crippen molar-refractivity contribution in [3.63, 3.8) is 0 Å². The first-order valence-corrected chi connectivity index (χ1v) is 3.04. The van der Waals surface area contributed by atoms with E-state index in [2.05, 4.69) is 5.32 Å². The summed E-state index contributed by atoms with van der Waals surface area (Å²) in [5.74, 6) is 0. The molecule has 0 aromatic heterocycles. The normalized spacial score (nSPS) is 26.6. The van der Waals surface area contributed by atoms with Crippen molar-refractivity contribution in [1.82, 2.24) is 5.32 Å². The fraction of sp³-hybridized carbons (Fsp3) is 0.250. The maximum atomic E-state index is 9.97. The maximum absolute atomic E-state index is 9.97. The molecule has 1 aliphatic heterocycles. The molecule has 44 valence electrons. The zero-order valence-corrected chi connectivity index (χ0v) is 4.94. The SMILES string of the molecule is NC1NC=C(C=O)S1. The van der Waals surface area contributed by atoms with Gasteiger partial charge in [0.05, 0.1) is 4.91 Å². The van der Waals surface area contributed by atoms with Gasteiger partial charge in [0.15, 0.2) is 6.29 Å². The molecule has 1 aliphatic rings. The number of rotatable bonds is 1. The van der Waals surface area contributed by atoms with E-state index >= 15 is 0 Å². The van der Waals surface area contributed by atoms with Gasteiger partial charge in [-0.3, -0.25) is 4.79 Å². The van der Waals surface area contributed by atoms with Crippen LogP contribution in [0.3, 0.4) is 0 Å². The third-order valence-electron chi connectivity index (χ3n) is 0.769. The van der Waals surface area contributed by atoms with Crippen molar-refractivity contribution >= 4 is 18.0 Å². The van der Waals surface area contributed by atoms with Gasteiger partial charge in [0.1, 0.15) is 5.50 Å². The van der Waals surface area contributed by atoms with Crippen molar-refractivity contribution in [2.45, 2.75) is 5.50 Å². The van der Waals surface area contributed by atoms with Crippen LogP contribution in [0.1, 0.15) is 0 Å². The molecule has 3 nitrogen and oxygen atoms in total. The summed E-state index contributed by atoms with van der Waals surface area (Å²) < 4.78 is 0. The van der Waals surface area contributed by atoms with Crippen LogP contribution in [0.4, 0.5) is 0 Å². The number of allylic oxidation sites excluding steroid dienone is 1. The minimum atomic E-state index is -0.129. The number of nitrogens with two attached hydrogens (primary N) is 1. The van der Waals surface area contributed by atoms with E-state index in [0.717, 1.165) is 6.29 Å². The Bertz CT molecular complexity index is 134. The number of aldehydes is 1. The Morgan fingerprint density at radius 2 is 2.75 bits per heavy atom. The summed E-state index contributed by atoms with van der Waals surface area (Å²) in [6, 6.07) is 0. The summed E-state index contributed by atoms with van der Waals surface area (Å²) in [7, 11) is 0. The molecule has 0 fully saturated rings. The number of hydrogen-bond acceptors (Lipinski definition) is 4. The Kier molecular flexibility index (Phi) is 1.55. The lowest BCUT2D eigenvalue weighted by molar-refractivity contribution is -0.104. The molecule has 1 unspecified atom stereocenters. The van der Waals surface area contributed by atoms with Gasteiger partial charge in [-0.1, -0.05) is 11.8 Å². The van der Waals surface area contributed by atoms with Gasteiger partial charge in [-0.05, 0) is 0 Å². The summed E-state index contributed by atoms with van der Waals surface area (Å²) in [5.41, 5.74) is 5.21. The van der Waals surface area contributed by atoms with E-state index in [4.69, 9.17) is 5.73 Å². The Balaban J connectivity index is 2.49. The molecule has 3 N–H and O–H groups in total. The van der Waals surface area contributed by atoms with Gasteiger partial charge in [0.25, 0.3) is 0 Å². The van der Waals surface area contributed by atoms with E-state index in [9.17, 15) is 4.79 Å². The molecule has 0 aromatic carbocycles. The summed E-state index contributed by atoms with van der Waals surface area (Å²) in [6.07, 6.45) is 2.40. The second kappa shape index (κ2) is 2.19. The molecule has 1 heterocycles. The average Bonchev–Trinajstić information content (AvgIpc) is 2.14. The molecule has 1 rings (SSSR count). The molecule has 0 saturated heterocycles. The van der Waals surface area contributed by atoms with Crippen LogP contribution < -0.4 is 11.1 Å². The van der Waals surface area contributed by atoms with Gasteiger partial charge < -0.3 is 11.1 Å². The van der Waals surface area contributed by atoms with Gasteiger partial charge in [-0.25, -0.2) is 0 Å². The molecule has 0 spiro atoms. The van der Waals surface area contributed by atoms with Crippen LogP contribution in [0.5, 0.6) is 0 Å². The Morgan fingerprint density at radius 1 is 2.00 bits per heavy atom. The Labute approximate surface area is 51.3 Å². The molecular weight excluding hydrogens is 124 g/mol. The highest BCUT2D eigenvalue weighted by molar-refractivity contribution is 8.04. The Hall–Kier alpha value is -0.480. The molecule has 8 heavy (non-hydrogen) atoms. The van der Waals surface area contributed by atoms with Gasteiger partial charge in [-0.15, -0.1) is 0 Å². The van der Waals surface area contributed by atoms with Gasteiger partial charge in [0.2, 0.25) is 0 Å². The maximum Gasteiger partial charge on any atom is 0.157 e. The largest absolute Gasteiger partial charge is 0.366 e. The van der Waals surface area contributed by atoms with Crippen molar-refractivity contribution < 1.29 is 4.79 Å². The van der Waals surface area contributed by atoms with E-state index in [1.165, 1.54) is 11.8 Å². The van der Waals surface area contributed by atoms with Crippen molar-refractivity contribution in [2.24, 2.45) is 5.73 Å². The summed E-state index contributed by atoms with van der Waals surface area (Å²) >= 11 is 1.33. The summed E-state index contributed by atoms with van der Waals surface area (Å²) in [4.78, 5) is 10.6. The topological polar surface area (TPSA) is 55.1 Å². The molecule has 0 bridgehead atoms. The van der Waals surface area contributed by atoms with Gasteiger partial charge in [-0.2, -0.15) is 0 Å². The highest BCUT2D eigenvalue weighted by Crippen LogP contribution is 2.19. The number of thioether (sulfide) groups is 1. The van der Waals surface area contributed by atoms with Gasteiger partial charge >= 0.3 is 0 Å².